The number of benzene rings is 1. The van der Waals surface area contributed by atoms with Crippen molar-refractivity contribution in [2.75, 3.05) is 66.0 Å². The minimum absolute atomic E-state index is 0.0386. The van der Waals surface area contributed by atoms with Crippen molar-refractivity contribution < 1.29 is 59.3 Å². The van der Waals surface area contributed by atoms with Crippen molar-refractivity contribution in [1.29, 1.82) is 0 Å². The van der Waals surface area contributed by atoms with E-state index in [2.05, 4.69) is 55.7 Å². The molecule has 7 unspecified atom stereocenters. The summed E-state index contributed by atoms with van der Waals surface area (Å²) in [5.41, 5.74) is -1.51. The first-order valence-electron chi connectivity index (χ1n) is 21.6. The van der Waals surface area contributed by atoms with Gasteiger partial charge in [0.2, 0.25) is 0 Å². The predicted octanol–water partition coefficient (Wildman–Crippen LogP) is 12.0. The number of hydrogen-bond donors (Lipinski definition) is 1. The normalized spacial score (nSPS) is 24.3. The number of alkyl halides is 6. The molecule has 0 bridgehead atoms. The van der Waals surface area contributed by atoms with Gasteiger partial charge in [-0.3, -0.25) is 0 Å². The molecule has 3 aliphatic carbocycles. The van der Waals surface area contributed by atoms with Crippen LogP contribution >= 0.6 is 29.8 Å². The van der Waals surface area contributed by atoms with E-state index < -0.39 is 32.8 Å². The maximum absolute atomic E-state index is 13.2. The van der Waals surface area contributed by atoms with Crippen molar-refractivity contribution in [3.05, 3.63) is 29.3 Å². The van der Waals surface area contributed by atoms with Crippen molar-refractivity contribution in [2.24, 2.45) is 23.2 Å². The second-order valence-corrected chi connectivity index (χ2v) is 22.0. The standard InChI is InChI=1S/C43H68F6NO7PS2/c1-39(2,60-59-27-10-8-7-9-12-31(29-53-6)30-57-58(51)52)21-22-50(5)23-26-54-33-14-16-34-32(28-33)13-15-36-35(34)19-20-40(3)37(36)17-18-38(40)55-24-11-25-56-41(4,42(44,45)46)43(47,48)49/h14,16,28,31,35-38H,7-13,15,17-27,29-30H2,1-6H3/p+1. The molecule has 17 heteroatoms. The second kappa shape index (κ2) is 23.4. The molecule has 8 nitrogen and oxygen atoms in total. The van der Waals surface area contributed by atoms with Gasteiger partial charge in [0.1, 0.15) is 19.0 Å². The number of fused-ring (bicyclic) bond motifs is 5. The molecule has 0 radical (unpaired) electrons. The van der Waals surface area contributed by atoms with E-state index in [1.165, 1.54) is 24.0 Å². The third-order valence-electron chi connectivity index (χ3n) is 13.2. The summed E-state index contributed by atoms with van der Waals surface area (Å²) in [4.78, 5) is 11.2. The van der Waals surface area contributed by atoms with E-state index in [4.69, 9.17) is 23.6 Å². The van der Waals surface area contributed by atoms with E-state index >= 15 is 0 Å². The Morgan fingerprint density at radius 1 is 0.933 bits per heavy atom. The van der Waals surface area contributed by atoms with Gasteiger partial charge in [0, 0.05) is 41.2 Å². The summed E-state index contributed by atoms with van der Waals surface area (Å²) in [6, 6.07) is 6.58. The van der Waals surface area contributed by atoms with Crippen molar-refractivity contribution in [3.8, 4) is 5.75 Å². The summed E-state index contributed by atoms with van der Waals surface area (Å²) in [7, 11) is 5.13. The fourth-order valence-corrected chi connectivity index (χ4v) is 12.5. The van der Waals surface area contributed by atoms with Gasteiger partial charge in [0.15, 0.2) is 0 Å². The second-order valence-electron chi connectivity index (χ2n) is 18.1. The van der Waals surface area contributed by atoms with E-state index in [0.717, 1.165) is 88.8 Å². The van der Waals surface area contributed by atoms with Gasteiger partial charge < -0.3 is 23.8 Å². The van der Waals surface area contributed by atoms with Crippen LogP contribution in [-0.2, 0) is 29.7 Å². The zero-order valence-corrected chi connectivity index (χ0v) is 38.9. The Morgan fingerprint density at radius 2 is 1.67 bits per heavy atom. The lowest BCUT2D eigenvalue weighted by Crippen LogP contribution is -2.56. The van der Waals surface area contributed by atoms with Gasteiger partial charge in [0.25, 0.3) is 5.60 Å². The summed E-state index contributed by atoms with van der Waals surface area (Å²) in [6.07, 6.45) is 1.17. The Balaban J connectivity index is 1.11. The number of methoxy groups -OCH3 is 1. The molecule has 0 aliphatic heterocycles. The molecule has 1 aromatic carbocycles. The number of nitrogens with zero attached hydrogens (tertiary/aromatic N) is 1. The van der Waals surface area contributed by atoms with Crippen molar-refractivity contribution in [1.82, 2.24) is 4.90 Å². The number of rotatable bonds is 27. The molecular formula is C43H69F6NO7PS2+. The molecule has 1 aromatic rings. The van der Waals surface area contributed by atoms with E-state index in [9.17, 15) is 30.9 Å². The van der Waals surface area contributed by atoms with Gasteiger partial charge in [-0.05, 0) is 145 Å². The van der Waals surface area contributed by atoms with Crippen LogP contribution in [0, 0.1) is 23.2 Å². The van der Waals surface area contributed by atoms with Crippen LogP contribution in [0.5, 0.6) is 5.75 Å². The fraction of sp³-hybridized carbons (Fsp3) is 0.860. The zero-order valence-electron chi connectivity index (χ0n) is 36.3. The lowest BCUT2D eigenvalue weighted by Gasteiger charge is -2.50. The fourth-order valence-electron chi connectivity index (χ4n) is 9.46. The van der Waals surface area contributed by atoms with Crippen molar-refractivity contribution >= 4 is 29.8 Å². The number of ether oxygens (including phenoxy) is 4. The third-order valence-corrected chi connectivity index (χ3v) is 17.0. The lowest BCUT2D eigenvalue weighted by molar-refractivity contribution is -0.374. The number of unbranched alkanes of at least 4 members (excludes halogenated alkanes) is 3. The van der Waals surface area contributed by atoms with E-state index in [0.29, 0.717) is 31.0 Å². The molecule has 0 heterocycles. The molecule has 0 spiro atoms. The largest absolute Gasteiger partial charge is 0.694 e. The highest BCUT2D eigenvalue weighted by Gasteiger charge is 2.69. The smallest absolute Gasteiger partial charge is 0.492 e. The molecule has 2 saturated carbocycles. The zero-order chi connectivity index (χ0) is 44.2. The molecular weight excluding hydrogens is 852 g/mol. The molecule has 60 heavy (non-hydrogen) atoms. The maximum Gasteiger partial charge on any atom is 0.694 e. The van der Waals surface area contributed by atoms with Crippen LogP contribution in [-0.4, -0.2) is 105 Å². The van der Waals surface area contributed by atoms with Gasteiger partial charge in [-0.1, -0.05) is 53.8 Å². The van der Waals surface area contributed by atoms with Gasteiger partial charge in [-0.15, -0.1) is 9.42 Å². The quantitative estimate of drug-likeness (QED) is 0.0398. The van der Waals surface area contributed by atoms with Crippen LogP contribution in [0.15, 0.2) is 18.2 Å². The SMILES string of the molecule is COCC(CCCCCCSSC(C)(C)CCN(C)CCOc1ccc2c(c1)CCC1C2CCC2(C)C(OCCCOC(C)(C(F)(F)F)C(F)(F)F)CCC12)CO[P+](=O)O. The summed E-state index contributed by atoms with van der Waals surface area (Å²) in [6.45, 7) is 9.50. The van der Waals surface area contributed by atoms with Gasteiger partial charge in [0.05, 0.1) is 19.3 Å². The first kappa shape index (κ1) is 51.8. The lowest BCUT2D eigenvalue weighted by atomic mass is 9.55. The van der Waals surface area contributed by atoms with Crippen LogP contribution in [0.1, 0.15) is 122 Å². The number of hydrogen-bond acceptors (Lipinski definition) is 9. The number of aryl methyl sites for hydroxylation is 1. The molecule has 0 amide bonds. The first-order chi connectivity index (χ1) is 28.2. The minimum atomic E-state index is -5.56. The monoisotopic (exact) mass is 920 g/mol. The van der Waals surface area contributed by atoms with Crippen LogP contribution in [0.2, 0.25) is 0 Å². The summed E-state index contributed by atoms with van der Waals surface area (Å²) >= 11 is 0. The number of likely N-dealkylation sites (N-methyl/N-ethyl adjacent to an activating group) is 1. The predicted molar refractivity (Wildman–Crippen MR) is 228 cm³/mol. The van der Waals surface area contributed by atoms with Crippen molar-refractivity contribution in [2.45, 2.75) is 146 Å². The van der Waals surface area contributed by atoms with Crippen LogP contribution in [0.25, 0.3) is 0 Å². The molecule has 4 rings (SSSR count). The van der Waals surface area contributed by atoms with Gasteiger partial charge >= 0.3 is 20.6 Å². The molecule has 1 N–H and O–H groups in total. The Bertz CT molecular complexity index is 1460. The molecule has 0 aromatic heterocycles. The van der Waals surface area contributed by atoms with E-state index in [1.54, 1.807) is 7.11 Å². The van der Waals surface area contributed by atoms with Gasteiger partial charge in [-0.25, -0.2) is 0 Å². The van der Waals surface area contributed by atoms with Gasteiger partial charge in [-0.2, -0.15) is 26.3 Å². The van der Waals surface area contributed by atoms with Crippen LogP contribution < -0.4 is 4.74 Å². The van der Waals surface area contributed by atoms with E-state index in [-0.39, 0.29) is 48.7 Å². The molecule has 7 atom stereocenters. The highest BCUT2D eigenvalue weighted by Crippen LogP contribution is 2.61. The summed E-state index contributed by atoms with van der Waals surface area (Å²) in [5, 5.41) is 0. The average molecular weight is 921 g/mol. The molecule has 346 valence electrons. The third kappa shape index (κ3) is 14.6. The van der Waals surface area contributed by atoms with E-state index in [1.807, 2.05) is 21.6 Å². The average Bonchev–Trinajstić information content (AvgIpc) is 3.51. The topological polar surface area (TPSA) is 86.7 Å². The highest BCUT2D eigenvalue weighted by molar-refractivity contribution is 8.77. The Kier molecular flexibility index (Phi) is 20.2. The summed E-state index contributed by atoms with van der Waals surface area (Å²) < 4.78 is 117. The Hall–Kier alpha value is -0.840. The Labute approximate surface area is 363 Å². The first-order valence-corrected chi connectivity index (χ1v) is 25.1. The molecule has 0 saturated heterocycles. The number of halogens is 6. The molecule has 3 aliphatic rings. The van der Waals surface area contributed by atoms with Crippen LogP contribution in [0.3, 0.4) is 0 Å². The highest BCUT2D eigenvalue weighted by atomic mass is 33.1. The van der Waals surface area contributed by atoms with Crippen LogP contribution in [0.4, 0.5) is 26.3 Å². The summed E-state index contributed by atoms with van der Waals surface area (Å²) in [5.74, 6) is 3.59. The Morgan fingerprint density at radius 3 is 2.37 bits per heavy atom. The molecule has 2 fully saturated rings. The van der Waals surface area contributed by atoms with Crippen molar-refractivity contribution in [3.63, 3.8) is 0 Å². The maximum atomic E-state index is 13.2. The minimum Gasteiger partial charge on any atom is -0.492 e.